The molecule has 0 saturated carbocycles. The van der Waals surface area contributed by atoms with Crippen molar-refractivity contribution in [3.63, 3.8) is 0 Å². The fraction of sp³-hybridized carbons (Fsp3) is 0.400. The van der Waals surface area contributed by atoms with E-state index in [1.807, 2.05) is 0 Å². The molecule has 2 nitrogen and oxygen atoms in total. The molecule has 1 fully saturated rings. The van der Waals surface area contributed by atoms with E-state index in [4.69, 9.17) is 4.74 Å². The quantitative estimate of drug-likeness (QED) is 0.803. The van der Waals surface area contributed by atoms with Gasteiger partial charge in [-0.3, -0.25) is 0 Å². The second kappa shape index (κ2) is 7.50. The van der Waals surface area contributed by atoms with Crippen LogP contribution in [0.1, 0.15) is 37.3 Å². The van der Waals surface area contributed by atoms with Gasteiger partial charge >= 0.3 is 0 Å². The van der Waals surface area contributed by atoms with Gasteiger partial charge in [0.05, 0.1) is 6.61 Å². The Morgan fingerprint density at radius 1 is 0.957 bits per heavy atom. The smallest absolute Gasteiger partial charge is 0.119 e. The highest BCUT2D eigenvalue weighted by Gasteiger charge is 2.35. The molecule has 0 bridgehead atoms. The van der Waals surface area contributed by atoms with Crippen molar-refractivity contribution < 1.29 is 4.74 Å². The molecule has 3 rings (SSSR count). The first-order valence-electron chi connectivity index (χ1n) is 8.45. The molecule has 0 spiro atoms. The summed E-state index contributed by atoms with van der Waals surface area (Å²) in [6.45, 7) is 5.03. The van der Waals surface area contributed by atoms with E-state index in [1.165, 1.54) is 11.1 Å². The van der Waals surface area contributed by atoms with Gasteiger partial charge in [0, 0.05) is 9.89 Å². The van der Waals surface area contributed by atoms with Gasteiger partial charge in [-0.15, -0.1) is 0 Å². The average molecular weight is 374 g/mol. The van der Waals surface area contributed by atoms with Gasteiger partial charge in [0.25, 0.3) is 0 Å². The highest BCUT2D eigenvalue weighted by atomic mass is 79.9. The van der Waals surface area contributed by atoms with Crippen molar-refractivity contribution >= 4 is 15.9 Å². The summed E-state index contributed by atoms with van der Waals surface area (Å²) in [5.41, 5.74) is 2.91. The minimum absolute atomic E-state index is 0.106. The third kappa shape index (κ3) is 3.61. The number of hydrogen-bond acceptors (Lipinski definition) is 2. The minimum atomic E-state index is 0.106. The van der Waals surface area contributed by atoms with Gasteiger partial charge in [0.2, 0.25) is 0 Å². The normalized spacial score (nSPS) is 17.0. The summed E-state index contributed by atoms with van der Waals surface area (Å²) in [6.07, 6.45) is 3.30. The van der Waals surface area contributed by atoms with E-state index in [0.29, 0.717) is 0 Å². The van der Waals surface area contributed by atoms with Crippen LogP contribution in [0.15, 0.2) is 53.0 Å². The van der Waals surface area contributed by atoms with Gasteiger partial charge in [-0.2, -0.15) is 0 Å². The maximum Gasteiger partial charge on any atom is 0.119 e. The Bertz CT molecular complexity index is 615. The molecule has 0 amide bonds. The number of hydrogen-bond donors (Lipinski definition) is 1. The van der Waals surface area contributed by atoms with Crippen LogP contribution in [0.3, 0.4) is 0 Å². The summed E-state index contributed by atoms with van der Waals surface area (Å²) < 4.78 is 6.87. The van der Waals surface area contributed by atoms with E-state index < -0.39 is 0 Å². The summed E-state index contributed by atoms with van der Waals surface area (Å²) in [4.78, 5) is 0. The van der Waals surface area contributed by atoms with Crippen LogP contribution in [0.5, 0.6) is 5.75 Å². The molecule has 1 aliphatic heterocycles. The van der Waals surface area contributed by atoms with Crippen molar-refractivity contribution in [2.24, 2.45) is 0 Å². The number of ether oxygens (including phenoxy) is 1. The lowest BCUT2D eigenvalue weighted by Gasteiger charge is -2.39. The Morgan fingerprint density at radius 2 is 1.52 bits per heavy atom. The lowest BCUT2D eigenvalue weighted by atomic mass is 9.68. The minimum Gasteiger partial charge on any atom is -0.494 e. The lowest BCUT2D eigenvalue weighted by Crippen LogP contribution is -2.40. The molecule has 23 heavy (non-hydrogen) atoms. The van der Waals surface area contributed by atoms with Crippen LogP contribution in [0.4, 0.5) is 0 Å². The second-order valence-electron chi connectivity index (χ2n) is 6.21. The molecule has 1 heterocycles. The molecular formula is C20H24BrNO. The van der Waals surface area contributed by atoms with E-state index in [1.54, 1.807) is 0 Å². The molecule has 0 aliphatic carbocycles. The topological polar surface area (TPSA) is 21.3 Å². The molecule has 3 heteroatoms. The van der Waals surface area contributed by atoms with Crippen LogP contribution < -0.4 is 10.1 Å². The van der Waals surface area contributed by atoms with Gasteiger partial charge in [0.15, 0.2) is 0 Å². The van der Waals surface area contributed by atoms with Crippen molar-refractivity contribution in [2.45, 2.75) is 31.6 Å². The SMILES string of the molecule is CCCOc1ccc(C2(c3ccc(Br)cc3)CCNCC2)cc1. The molecule has 0 aromatic heterocycles. The van der Waals surface area contributed by atoms with Crippen molar-refractivity contribution in [3.05, 3.63) is 64.1 Å². The zero-order valence-electron chi connectivity index (χ0n) is 13.6. The predicted octanol–water partition coefficient (Wildman–Crippen LogP) is 4.91. The standard InChI is InChI=1S/C20H24BrNO/c1-2-15-23-19-9-5-17(6-10-19)20(11-13-22-14-12-20)16-3-7-18(21)8-4-16/h3-10,22H,2,11-15H2,1H3. The summed E-state index contributed by atoms with van der Waals surface area (Å²) in [5, 5.41) is 3.50. The molecule has 2 aromatic carbocycles. The van der Waals surface area contributed by atoms with E-state index in [-0.39, 0.29) is 5.41 Å². The molecule has 0 unspecified atom stereocenters. The Balaban J connectivity index is 1.94. The molecule has 2 aromatic rings. The first-order valence-corrected chi connectivity index (χ1v) is 9.24. The van der Waals surface area contributed by atoms with Gasteiger partial charge < -0.3 is 10.1 Å². The molecule has 1 N–H and O–H groups in total. The maximum absolute atomic E-state index is 5.73. The summed E-state index contributed by atoms with van der Waals surface area (Å²) in [5.74, 6) is 0.968. The molecule has 0 atom stereocenters. The number of halogens is 1. The number of benzene rings is 2. The fourth-order valence-corrected chi connectivity index (χ4v) is 3.72. The van der Waals surface area contributed by atoms with E-state index in [2.05, 4.69) is 76.7 Å². The van der Waals surface area contributed by atoms with E-state index in [0.717, 1.165) is 49.2 Å². The van der Waals surface area contributed by atoms with Crippen molar-refractivity contribution in [1.82, 2.24) is 5.32 Å². The molecule has 122 valence electrons. The monoisotopic (exact) mass is 373 g/mol. The number of nitrogens with one attached hydrogen (secondary N) is 1. The third-order valence-electron chi connectivity index (χ3n) is 4.73. The Hall–Kier alpha value is -1.32. The Morgan fingerprint density at radius 3 is 2.09 bits per heavy atom. The number of rotatable bonds is 5. The maximum atomic E-state index is 5.73. The predicted molar refractivity (Wildman–Crippen MR) is 99.3 cm³/mol. The van der Waals surface area contributed by atoms with E-state index in [9.17, 15) is 0 Å². The van der Waals surface area contributed by atoms with Crippen LogP contribution in [0.2, 0.25) is 0 Å². The van der Waals surface area contributed by atoms with Crippen molar-refractivity contribution in [1.29, 1.82) is 0 Å². The van der Waals surface area contributed by atoms with Crippen LogP contribution >= 0.6 is 15.9 Å². The highest BCUT2D eigenvalue weighted by molar-refractivity contribution is 9.10. The van der Waals surface area contributed by atoms with Gasteiger partial charge in [0.1, 0.15) is 5.75 Å². The second-order valence-corrected chi connectivity index (χ2v) is 7.13. The van der Waals surface area contributed by atoms with Gasteiger partial charge in [-0.1, -0.05) is 47.1 Å². The Labute approximate surface area is 147 Å². The lowest BCUT2D eigenvalue weighted by molar-refractivity contribution is 0.316. The van der Waals surface area contributed by atoms with E-state index >= 15 is 0 Å². The first kappa shape index (κ1) is 16.5. The largest absolute Gasteiger partial charge is 0.494 e. The van der Waals surface area contributed by atoms with Crippen LogP contribution in [0, 0.1) is 0 Å². The van der Waals surface area contributed by atoms with Crippen LogP contribution in [-0.4, -0.2) is 19.7 Å². The van der Waals surface area contributed by atoms with Crippen molar-refractivity contribution in [2.75, 3.05) is 19.7 Å². The van der Waals surface area contributed by atoms with Crippen LogP contribution in [0.25, 0.3) is 0 Å². The zero-order chi connectivity index (χ0) is 16.1. The van der Waals surface area contributed by atoms with Gasteiger partial charge in [-0.05, 0) is 67.7 Å². The highest BCUT2D eigenvalue weighted by Crippen LogP contribution is 2.41. The first-order chi connectivity index (χ1) is 11.2. The third-order valence-corrected chi connectivity index (χ3v) is 5.26. The molecule has 1 aliphatic rings. The average Bonchev–Trinajstić information content (AvgIpc) is 2.61. The molecular weight excluding hydrogens is 350 g/mol. The zero-order valence-corrected chi connectivity index (χ0v) is 15.2. The van der Waals surface area contributed by atoms with Gasteiger partial charge in [-0.25, -0.2) is 0 Å². The molecule has 0 radical (unpaired) electrons. The number of piperidine rings is 1. The molecule has 1 saturated heterocycles. The summed E-state index contributed by atoms with van der Waals surface area (Å²) >= 11 is 3.55. The summed E-state index contributed by atoms with van der Waals surface area (Å²) in [6, 6.07) is 17.6. The summed E-state index contributed by atoms with van der Waals surface area (Å²) in [7, 11) is 0. The van der Waals surface area contributed by atoms with Crippen LogP contribution in [-0.2, 0) is 5.41 Å². The van der Waals surface area contributed by atoms with Crippen molar-refractivity contribution in [3.8, 4) is 5.75 Å². The Kier molecular flexibility index (Phi) is 5.39. The fourth-order valence-electron chi connectivity index (χ4n) is 3.46.